The Morgan fingerprint density at radius 3 is 0.818 bits per heavy atom. The van der Waals surface area contributed by atoms with Gasteiger partial charge in [-0.05, 0) is 11.1 Å². The van der Waals surface area contributed by atoms with E-state index >= 15 is 0 Å². The molecule has 9 heteroatoms. The number of rotatable bonds is 22. The Hall–Kier alpha value is -4.42. The highest BCUT2D eigenvalue weighted by Gasteiger charge is 2.32. The van der Waals surface area contributed by atoms with Crippen LogP contribution in [0.25, 0.3) is 0 Å². The molecule has 0 aliphatic rings. The molecule has 0 fully saturated rings. The van der Waals surface area contributed by atoms with Crippen molar-refractivity contribution in [1.29, 1.82) is 0 Å². The lowest BCUT2D eigenvalue weighted by molar-refractivity contribution is -0.0137. The molecule has 7 nitrogen and oxygen atoms in total. The van der Waals surface area contributed by atoms with E-state index in [0.717, 1.165) is 43.0 Å². The zero-order valence-electron chi connectivity index (χ0n) is 31.0. The Bertz CT molecular complexity index is 1870. The van der Waals surface area contributed by atoms with Crippen molar-refractivity contribution < 1.29 is 32.8 Å². The lowest BCUT2D eigenvalue weighted by Gasteiger charge is -2.22. The van der Waals surface area contributed by atoms with Crippen LogP contribution in [-0.4, -0.2) is 52.9 Å². The van der Waals surface area contributed by atoms with Gasteiger partial charge in [0.05, 0.1) is 66.1 Å². The zero-order valence-corrected chi connectivity index (χ0v) is 32.8. The molecule has 0 bridgehead atoms. The summed E-state index contributed by atoms with van der Waals surface area (Å²) in [7, 11) is -6.19. The van der Waals surface area contributed by atoms with Gasteiger partial charge in [0.1, 0.15) is 0 Å². The molecule has 0 heterocycles. The molecule has 0 saturated heterocycles. The maximum Gasteiger partial charge on any atom is 0.171 e. The molecule has 284 valence electrons. The second-order valence-corrected chi connectivity index (χ2v) is 18.2. The number of hydrogen-bond donors (Lipinski definition) is 0. The maximum atomic E-state index is 14.8. The summed E-state index contributed by atoms with van der Waals surface area (Å²) in [4.78, 5) is 0. The van der Waals surface area contributed by atoms with E-state index in [1.807, 2.05) is 170 Å². The van der Waals surface area contributed by atoms with E-state index in [4.69, 9.17) is 23.7 Å². The fourth-order valence-electron chi connectivity index (χ4n) is 6.43. The molecule has 0 spiro atoms. The largest absolute Gasteiger partial charge is 0.377 e. The smallest absolute Gasteiger partial charge is 0.171 e. The molecule has 0 saturated carbocycles. The highest BCUT2D eigenvalue weighted by Crippen LogP contribution is 2.44. The molecule has 55 heavy (non-hydrogen) atoms. The van der Waals surface area contributed by atoms with E-state index in [-0.39, 0.29) is 0 Å². The van der Waals surface area contributed by atoms with Crippen LogP contribution in [0.2, 0.25) is 0 Å². The van der Waals surface area contributed by atoms with Gasteiger partial charge >= 0.3 is 0 Å². The monoisotopic (exact) mass is 774 g/mol. The summed E-state index contributed by atoms with van der Waals surface area (Å²) in [5.41, 5.74) is 1.79. The molecule has 0 unspecified atom stereocenters. The van der Waals surface area contributed by atoms with E-state index in [1.165, 1.54) is 0 Å². The van der Waals surface area contributed by atoms with Crippen LogP contribution in [0.15, 0.2) is 170 Å². The van der Waals surface area contributed by atoms with Gasteiger partial charge in [-0.25, -0.2) is 0 Å². The van der Waals surface area contributed by atoms with Crippen LogP contribution >= 0.6 is 14.3 Å². The first-order chi connectivity index (χ1) is 27.1. The molecule has 0 N–H and O–H groups in total. The van der Waals surface area contributed by atoms with Gasteiger partial charge in [-0.15, -0.1) is 0 Å². The third-order valence-corrected chi connectivity index (χ3v) is 15.5. The van der Waals surface area contributed by atoms with Crippen LogP contribution in [-0.2, 0) is 46.0 Å². The maximum absolute atomic E-state index is 14.8. The molecule has 6 aromatic carbocycles. The second-order valence-electron chi connectivity index (χ2n) is 12.8. The molecular formula is C46H48O7P2. The average molecular weight is 775 g/mol. The second kappa shape index (κ2) is 21.0. The van der Waals surface area contributed by atoms with Gasteiger partial charge in [0.25, 0.3) is 0 Å². The predicted molar refractivity (Wildman–Crippen MR) is 223 cm³/mol. The minimum atomic E-state index is -3.10. The Morgan fingerprint density at radius 1 is 0.291 bits per heavy atom. The first-order valence-corrected chi connectivity index (χ1v) is 22.0. The molecule has 0 radical (unpaired) electrons. The minimum Gasteiger partial charge on any atom is -0.377 e. The van der Waals surface area contributed by atoms with Crippen LogP contribution < -0.4 is 31.8 Å². The summed E-state index contributed by atoms with van der Waals surface area (Å²) >= 11 is 0. The van der Waals surface area contributed by atoms with Crippen LogP contribution in [0, 0.1) is 0 Å². The average Bonchev–Trinajstić information content (AvgIpc) is 3.26. The molecule has 0 aliphatic carbocycles. The SMILES string of the molecule is O=P(c1ccccc1)(c1ccccc1)c1ccccc1COCCOCCOCCOCCOCc1ccccc1P(=O)(c1ccccc1)c1ccccc1. The Labute approximate surface area is 325 Å². The van der Waals surface area contributed by atoms with E-state index in [1.54, 1.807) is 0 Å². The van der Waals surface area contributed by atoms with Gasteiger partial charge in [0.2, 0.25) is 0 Å². The summed E-state index contributed by atoms with van der Waals surface area (Å²) in [5.74, 6) is 0. The lowest BCUT2D eigenvalue weighted by Crippen LogP contribution is -2.27. The summed E-state index contributed by atoms with van der Waals surface area (Å²) in [6.07, 6.45) is 0. The molecule has 6 aromatic rings. The van der Waals surface area contributed by atoms with Crippen LogP contribution in [0.4, 0.5) is 0 Å². The van der Waals surface area contributed by atoms with Gasteiger partial charge in [-0.2, -0.15) is 0 Å². The predicted octanol–water partition coefficient (Wildman–Crippen LogP) is 6.75. The third-order valence-electron chi connectivity index (χ3n) is 9.14. The Morgan fingerprint density at radius 2 is 0.527 bits per heavy atom. The molecule has 0 aromatic heterocycles. The molecule has 0 atom stereocenters. The van der Waals surface area contributed by atoms with Crippen LogP contribution in [0.1, 0.15) is 11.1 Å². The quantitative estimate of drug-likeness (QED) is 0.0558. The van der Waals surface area contributed by atoms with Gasteiger partial charge < -0.3 is 32.8 Å². The summed E-state index contributed by atoms with van der Waals surface area (Å²) in [5, 5.41) is 4.76. The first-order valence-electron chi connectivity index (χ1n) is 18.6. The van der Waals surface area contributed by atoms with E-state index < -0.39 is 14.3 Å². The lowest BCUT2D eigenvalue weighted by atomic mass is 10.2. The van der Waals surface area contributed by atoms with Crippen molar-refractivity contribution >= 4 is 46.1 Å². The number of benzene rings is 6. The Kier molecular flexibility index (Phi) is 15.4. The van der Waals surface area contributed by atoms with Gasteiger partial charge in [-0.1, -0.05) is 170 Å². The van der Waals surface area contributed by atoms with Crippen molar-refractivity contribution in [3.8, 4) is 0 Å². The van der Waals surface area contributed by atoms with Crippen molar-refractivity contribution in [2.45, 2.75) is 13.2 Å². The van der Waals surface area contributed by atoms with E-state index in [9.17, 15) is 9.13 Å². The minimum absolute atomic E-state index is 0.329. The van der Waals surface area contributed by atoms with E-state index in [2.05, 4.69) is 0 Å². The van der Waals surface area contributed by atoms with Crippen LogP contribution in [0.5, 0.6) is 0 Å². The fraction of sp³-hybridized carbons (Fsp3) is 0.217. The summed E-state index contributed by atoms with van der Waals surface area (Å²) < 4.78 is 58.7. The highest BCUT2D eigenvalue weighted by molar-refractivity contribution is 7.85. The third kappa shape index (κ3) is 10.5. The summed E-state index contributed by atoms with van der Waals surface area (Å²) in [6, 6.07) is 54.3. The van der Waals surface area contributed by atoms with Crippen molar-refractivity contribution in [2.24, 2.45) is 0 Å². The standard InChI is InChI=1S/C46H48O7P2/c47-54(41-19-5-1-6-20-41,42-21-7-2-8-22-42)45-27-15-13-17-39(45)37-52-35-33-50-31-29-49-30-32-51-34-36-53-38-40-18-14-16-28-46(40)55(48,43-23-9-3-10-24-43)44-25-11-4-12-26-44/h1-28H,29-38H2. The number of ether oxygens (including phenoxy) is 5. The van der Waals surface area contributed by atoms with Crippen molar-refractivity contribution in [1.82, 2.24) is 0 Å². The molecular weight excluding hydrogens is 726 g/mol. The normalized spacial score (nSPS) is 11.8. The van der Waals surface area contributed by atoms with Gasteiger partial charge in [-0.3, -0.25) is 0 Å². The molecule has 0 amide bonds. The first kappa shape index (κ1) is 40.2. The van der Waals surface area contributed by atoms with Crippen molar-refractivity contribution in [3.63, 3.8) is 0 Å². The van der Waals surface area contributed by atoms with Gasteiger partial charge in [0.15, 0.2) is 14.3 Å². The molecule has 6 rings (SSSR count). The van der Waals surface area contributed by atoms with Gasteiger partial charge in [0, 0.05) is 31.8 Å². The highest BCUT2D eigenvalue weighted by atomic mass is 31.2. The van der Waals surface area contributed by atoms with Crippen LogP contribution in [0.3, 0.4) is 0 Å². The van der Waals surface area contributed by atoms with Crippen molar-refractivity contribution in [3.05, 3.63) is 181 Å². The fourth-order valence-corrected chi connectivity index (χ4v) is 12.2. The molecule has 0 aliphatic heterocycles. The number of hydrogen-bond acceptors (Lipinski definition) is 7. The summed E-state index contributed by atoms with van der Waals surface area (Å²) in [6.45, 7) is 4.07. The zero-order chi connectivity index (χ0) is 38.0. The van der Waals surface area contributed by atoms with E-state index in [0.29, 0.717) is 66.1 Å². The topological polar surface area (TPSA) is 80.3 Å². The van der Waals surface area contributed by atoms with Crippen molar-refractivity contribution in [2.75, 3.05) is 52.9 Å². The Balaban J connectivity index is 0.865.